The molecule has 1 fully saturated rings. The molecule has 1 atom stereocenters. The predicted molar refractivity (Wildman–Crippen MR) is 142 cm³/mol. The second-order valence-electron chi connectivity index (χ2n) is 11.1. The van der Waals surface area contributed by atoms with Gasteiger partial charge in [0.05, 0.1) is 7.11 Å². The number of methoxy groups -OCH3 is 1. The topological polar surface area (TPSA) is 104 Å². The lowest BCUT2D eigenvalue weighted by atomic mass is 9.88. The molecule has 1 unspecified atom stereocenters. The van der Waals surface area contributed by atoms with Crippen LogP contribution in [-0.4, -0.2) is 41.2 Å². The highest BCUT2D eigenvalue weighted by Crippen LogP contribution is 2.27. The Balaban J connectivity index is 1.88. The van der Waals surface area contributed by atoms with Gasteiger partial charge in [-0.3, -0.25) is 9.59 Å². The highest BCUT2D eigenvalue weighted by molar-refractivity contribution is 5.98. The Labute approximate surface area is 220 Å². The van der Waals surface area contributed by atoms with Gasteiger partial charge in [-0.05, 0) is 76.3 Å². The van der Waals surface area contributed by atoms with E-state index in [2.05, 4.69) is 5.32 Å². The number of amides is 1. The average Bonchev–Trinajstić information content (AvgIpc) is 2.85. The molecule has 2 aliphatic rings. The van der Waals surface area contributed by atoms with Crippen LogP contribution in [0.5, 0.6) is 0 Å². The van der Waals surface area contributed by atoms with Gasteiger partial charge in [-0.15, -0.1) is 0 Å². The molecule has 2 aliphatic carbocycles. The van der Waals surface area contributed by atoms with Crippen LogP contribution in [0.4, 0.5) is 0 Å². The van der Waals surface area contributed by atoms with Crippen LogP contribution in [0, 0.1) is 5.92 Å². The first-order valence-electron chi connectivity index (χ1n) is 14.0. The fourth-order valence-electron chi connectivity index (χ4n) is 5.51. The number of carbonyl (C=O) groups is 3. The number of ether oxygens (including phenoxy) is 2. The molecule has 37 heavy (non-hydrogen) atoms. The number of hydrogen-bond donors (Lipinski definition) is 1. The third-order valence-electron chi connectivity index (χ3n) is 7.71. The van der Waals surface area contributed by atoms with E-state index in [9.17, 15) is 19.2 Å². The van der Waals surface area contributed by atoms with Gasteiger partial charge in [-0.25, -0.2) is 9.59 Å². The van der Waals surface area contributed by atoms with Crippen LogP contribution >= 0.6 is 0 Å². The van der Waals surface area contributed by atoms with Gasteiger partial charge in [0.2, 0.25) is 0 Å². The van der Waals surface area contributed by atoms with Crippen molar-refractivity contribution >= 4 is 17.8 Å². The zero-order chi connectivity index (χ0) is 27.0. The zero-order valence-corrected chi connectivity index (χ0v) is 23.0. The lowest BCUT2D eigenvalue weighted by Crippen LogP contribution is -2.53. The van der Waals surface area contributed by atoms with E-state index in [1.807, 2.05) is 11.5 Å². The molecule has 206 valence electrons. The Morgan fingerprint density at radius 1 is 1.05 bits per heavy atom. The summed E-state index contributed by atoms with van der Waals surface area (Å²) in [7, 11) is 1.24. The van der Waals surface area contributed by atoms with Crippen molar-refractivity contribution in [1.82, 2.24) is 9.88 Å². The summed E-state index contributed by atoms with van der Waals surface area (Å²) < 4.78 is 12.0. The standard InChI is InChI=1S/C29H44N2O6/c1-5-13-24(27(34)36-4)37-28(35)29(2,3)30-25(32)22-18-21-16-11-6-7-12-17-23(21)31(26(22)33)19-20-14-9-8-10-15-20/h18,20,24H,5-17,19H2,1-4H3,(H,30,32). The normalized spacial score (nSPS) is 17.6. The maximum Gasteiger partial charge on any atom is 0.347 e. The van der Waals surface area contributed by atoms with Gasteiger partial charge in [0.15, 0.2) is 6.10 Å². The molecule has 1 aromatic rings. The molecule has 1 saturated carbocycles. The van der Waals surface area contributed by atoms with Crippen molar-refractivity contribution in [3.05, 3.63) is 33.2 Å². The number of aryl methyl sites for hydroxylation is 1. The minimum atomic E-state index is -1.44. The van der Waals surface area contributed by atoms with Crippen molar-refractivity contribution in [1.29, 1.82) is 0 Å². The summed E-state index contributed by atoms with van der Waals surface area (Å²) in [6.45, 7) is 5.55. The monoisotopic (exact) mass is 516 g/mol. The molecule has 0 saturated heterocycles. The van der Waals surface area contributed by atoms with E-state index in [1.165, 1.54) is 40.2 Å². The second-order valence-corrected chi connectivity index (χ2v) is 11.1. The van der Waals surface area contributed by atoms with E-state index >= 15 is 0 Å². The van der Waals surface area contributed by atoms with Crippen LogP contribution < -0.4 is 10.9 Å². The van der Waals surface area contributed by atoms with Gasteiger partial charge >= 0.3 is 11.9 Å². The van der Waals surface area contributed by atoms with Crippen molar-refractivity contribution in [2.75, 3.05) is 7.11 Å². The van der Waals surface area contributed by atoms with Crippen molar-refractivity contribution in [2.24, 2.45) is 5.92 Å². The molecule has 1 heterocycles. The first-order chi connectivity index (χ1) is 17.7. The average molecular weight is 517 g/mol. The third kappa shape index (κ3) is 7.45. The fourth-order valence-corrected chi connectivity index (χ4v) is 5.51. The van der Waals surface area contributed by atoms with E-state index in [0.29, 0.717) is 25.3 Å². The van der Waals surface area contributed by atoms with Crippen LogP contribution in [-0.2, 0) is 38.4 Å². The number of aromatic nitrogens is 1. The Kier molecular flexibility index (Phi) is 10.4. The number of carbonyl (C=O) groups excluding carboxylic acids is 3. The molecule has 0 spiro atoms. The summed E-state index contributed by atoms with van der Waals surface area (Å²) in [5.41, 5.74) is 0.474. The van der Waals surface area contributed by atoms with E-state index in [0.717, 1.165) is 62.6 Å². The van der Waals surface area contributed by atoms with E-state index in [-0.39, 0.29) is 11.1 Å². The molecular weight excluding hydrogens is 472 g/mol. The maximum atomic E-state index is 13.7. The van der Waals surface area contributed by atoms with Crippen LogP contribution in [0.15, 0.2) is 10.9 Å². The first kappa shape index (κ1) is 28.9. The largest absolute Gasteiger partial charge is 0.466 e. The first-order valence-corrected chi connectivity index (χ1v) is 14.0. The Morgan fingerprint density at radius 3 is 2.35 bits per heavy atom. The van der Waals surface area contributed by atoms with Gasteiger partial charge < -0.3 is 19.4 Å². The predicted octanol–water partition coefficient (Wildman–Crippen LogP) is 4.48. The van der Waals surface area contributed by atoms with Crippen molar-refractivity contribution in [3.63, 3.8) is 0 Å². The molecule has 8 nitrogen and oxygen atoms in total. The summed E-state index contributed by atoms with van der Waals surface area (Å²) in [6, 6.07) is 1.74. The van der Waals surface area contributed by atoms with Crippen LogP contribution in [0.2, 0.25) is 0 Å². The number of hydrogen-bond acceptors (Lipinski definition) is 6. The van der Waals surface area contributed by atoms with Crippen LogP contribution in [0.25, 0.3) is 0 Å². The van der Waals surface area contributed by atoms with E-state index in [1.54, 1.807) is 6.07 Å². The Bertz CT molecular complexity index is 1020. The SMILES string of the molecule is CCCC(OC(=O)C(C)(C)NC(=O)c1cc2c(n(CC3CCCCC3)c1=O)CCCCCC2)C(=O)OC. The summed E-state index contributed by atoms with van der Waals surface area (Å²) in [5, 5.41) is 2.70. The number of esters is 2. The lowest BCUT2D eigenvalue weighted by molar-refractivity contribution is -0.170. The van der Waals surface area contributed by atoms with Gasteiger partial charge in [-0.2, -0.15) is 0 Å². The molecule has 1 amide bonds. The number of fused-ring (bicyclic) bond motifs is 1. The summed E-state index contributed by atoms with van der Waals surface area (Å²) in [4.78, 5) is 52.1. The second kappa shape index (κ2) is 13.2. The van der Waals surface area contributed by atoms with Crippen LogP contribution in [0.1, 0.15) is 113 Å². The lowest BCUT2D eigenvalue weighted by Gasteiger charge is -2.28. The maximum absolute atomic E-state index is 13.7. The van der Waals surface area contributed by atoms with Gasteiger partial charge in [-0.1, -0.05) is 45.4 Å². The highest BCUT2D eigenvalue weighted by atomic mass is 16.6. The van der Waals surface area contributed by atoms with Crippen molar-refractivity contribution in [3.8, 4) is 0 Å². The molecule has 1 N–H and O–H groups in total. The van der Waals surface area contributed by atoms with Crippen molar-refractivity contribution < 1.29 is 23.9 Å². The van der Waals surface area contributed by atoms with Crippen LogP contribution in [0.3, 0.4) is 0 Å². The minimum Gasteiger partial charge on any atom is -0.466 e. The number of nitrogens with one attached hydrogen (secondary N) is 1. The van der Waals surface area contributed by atoms with E-state index in [4.69, 9.17) is 9.47 Å². The fraction of sp³-hybridized carbons (Fsp3) is 0.724. The smallest absolute Gasteiger partial charge is 0.347 e. The molecule has 0 aliphatic heterocycles. The zero-order valence-electron chi connectivity index (χ0n) is 23.0. The Hall–Kier alpha value is -2.64. The molecular formula is C29H44N2O6. The highest BCUT2D eigenvalue weighted by Gasteiger charge is 2.36. The molecule has 0 bridgehead atoms. The van der Waals surface area contributed by atoms with E-state index < -0.39 is 29.5 Å². The molecule has 3 rings (SSSR count). The summed E-state index contributed by atoms with van der Waals surface area (Å²) in [6.07, 6.45) is 11.8. The molecule has 8 heteroatoms. The Morgan fingerprint density at radius 2 is 1.70 bits per heavy atom. The van der Waals surface area contributed by atoms with Gasteiger partial charge in [0.1, 0.15) is 11.1 Å². The minimum absolute atomic E-state index is 0.0640. The molecule has 0 aromatic carbocycles. The number of pyridine rings is 1. The number of rotatable bonds is 9. The quantitative estimate of drug-likeness (QED) is 0.486. The molecule has 1 aromatic heterocycles. The van der Waals surface area contributed by atoms with Gasteiger partial charge in [0, 0.05) is 12.2 Å². The summed E-state index contributed by atoms with van der Waals surface area (Å²) in [5.74, 6) is -1.54. The number of nitrogens with zero attached hydrogens (tertiary/aromatic N) is 1. The summed E-state index contributed by atoms with van der Waals surface area (Å²) >= 11 is 0. The molecule has 0 radical (unpaired) electrons. The van der Waals surface area contributed by atoms with Gasteiger partial charge in [0.25, 0.3) is 11.5 Å². The third-order valence-corrected chi connectivity index (χ3v) is 7.71. The van der Waals surface area contributed by atoms with Crippen molar-refractivity contribution in [2.45, 2.75) is 122 Å².